The zero-order valence-electron chi connectivity index (χ0n) is 15.8. The highest BCUT2D eigenvalue weighted by Gasteiger charge is 2.21. The molecule has 2 aromatic rings. The molecule has 8 heteroatoms. The topological polar surface area (TPSA) is 75.2 Å². The number of halogens is 1. The lowest BCUT2D eigenvalue weighted by molar-refractivity contribution is -0.134. The van der Waals surface area contributed by atoms with Gasteiger partial charge in [0.05, 0.1) is 5.75 Å². The summed E-state index contributed by atoms with van der Waals surface area (Å²) >= 11 is 1.25. The van der Waals surface area contributed by atoms with Crippen LogP contribution in [-0.2, 0) is 9.59 Å². The van der Waals surface area contributed by atoms with Crippen LogP contribution in [0.2, 0.25) is 0 Å². The first kappa shape index (κ1) is 20.8. The number of thioether (sulfide) groups is 1. The molecule has 0 radical (unpaired) electrons. The molecular weight excluding hydrogens is 367 g/mol. The van der Waals surface area contributed by atoms with Crippen molar-refractivity contribution in [1.29, 1.82) is 0 Å². The predicted molar refractivity (Wildman–Crippen MR) is 104 cm³/mol. The molecule has 0 saturated carbocycles. The van der Waals surface area contributed by atoms with Crippen molar-refractivity contribution < 1.29 is 14.0 Å². The third kappa shape index (κ3) is 6.63. The predicted octanol–water partition coefficient (Wildman–Crippen LogP) is 3.20. The lowest BCUT2D eigenvalue weighted by atomic mass is 10.3. The second kappa shape index (κ2) is 9.45. The van der Waals surface area contributed by atoms with E-state index in [2.05, 4.69) is 15.3 Å². The number of anilines is 1. The number of aryl methyl sites for hydroxylation is 2. The van der Waals surface area contributed by atoms with Crippen molar-refractivity contribution in [3.63, 3.8) is 0 Å². The minimum atomic E-state index is -0.377. The zero-order chi connectivity index (χ0) is 20.0. The lowest BCUT2D eigenvalue weighted by Gasteiger charge is -2.26. The van der Waals surface area contributed by atoms with Crippen LogP contribution in [0.5, 0.6) is 0 Å². The minimum Gasteiger partial charge on any atom is -0.330 e. The summed E-state index contributed by atoms with van der Waals surface area (Å²) in [5, 5.41) is 3.21. The number of aromatic nitrogens is 2. The Bertz CT molecular complexity index is 792. The smallest absolute Gasteiger partial charge is 0.244 e. The summed E-state index contributed by atoms with van der Waals surface area (Å²) in [6.45, 7) is 7.37. The molecule has 1 aromatic carbocycles. The van der Waals surface area contributed by atoms with E-state index in [1.807, 2.05) is 33.8 Å². The molecule has 1 heterocycles. The maximum Gasteiger partial charge on any atom is 0.244 e. The molecule has 2 rings (SSSR count). The van der Waals surface area contributed by atoms with Crippen molar-refractivity contribution in [3.8, 4) is 0 Å². The molecule has 1 aromatic heterocycles. The standard InChI is InChI=1S/C19H23FN4O2S/c1-12(2)24(10-17(25)23-16-7-5-15(20)6-8-16)18(26)11-27-19-21-13(3)9-14(4)22-19/h5-9,12H,10-11H2,1-4H3,(H,23,25). The maximum absolute atomic E-state index is 12.9. The number of nitrogens with zero attached hydrogens (tertiary/aromatic N) is 3. The molecule has 0 saturated heterocycles. The summed E-state index contributed by atoms with van der Waals surface area (Å²) < 4.78 is 12.9. The van der Waals surface area contributed by atoms with Crippen LogP contribution in [-0.4, -0.2) is 45.0 Å². The third-order valence-electron chi connectivity index (χ3n) is 3.67. The van der Waals surface area contributed by atoms with Gasteiger partial charge in [-0.2, -0.15) is 0 Å². The van der Waals surface area contributed by atoms with Crippen LogP contribution in [0.15, 0.2) is 35.5 Å². The molecule has 0 bridgehead atoms. The molecule has 2 amide bonds. The number of hydrogen-bond acceptors (Lipinski definition) is 5. The first-order valence-corrected chi connectivity index (χ1v) is 9.53. The number of nitrogens with one attached hydrogen (secondary N) is 1. The molecule has 0 spiro atoms. The van der Waals surface area contributed by atoms with Gasteiger partial charge in [-0.1, -0.05) is 11.8 Å². The van der Waals surface area contributed by atoms with Gasteiger partial charge in [0.25, 0.3) is 0 Å². The molecular formula is C19H23FN4O2S. The highest BCUT2D eigenvalue weighted by atomic mass is 32.2. The highest BCUT2D eigenvalue weighted by Crippen LogP contribution is 2.16. The van der Waals surface area contributed by atoms with E-state index in [9.17, 15) is 14.0 Å². The monoisotopic (exact) mass is 390 g/mol. The molecule has 0 unspecified atom stereocenters. The SMILES string of the molecule is Cc1cc(C)nc(SCC(=O)N(CC(=O)Nc2ccc(F)cc2)C(C)C)n1. The molecule has 144 valence electrons. The van der Waals surface area contributed by atoms with Gasteiger partial charge in [-0.05, 0) is 58.0 Å². The largest absolute Gasteiger partial charge is 0.330 e. The van der Waals surface area contributed by atoms with E-state index in [1.165, 1.54) is 40.9 Å². The Labute approximate surface area is 162 Å². The van der Waals surface area contributed by atoms with E-state index in [1.54, 1.807) is 0 Å². The number of amides is 2. The van der Waals surface area contributed by atoms with Gasteiger partial charge in [-0.3, -0.25) is 9.59 Å². The van der Waals surface area contributed by atoms with E-state index < -0.39 is 0 Å². The van der Waals surface area contributed by atoms with Gasteiger partial charge in [0, 0.05) is 23.1 Å². The summed E-state index contributed by atoms with van der Waals surface area (Å²) in [5.74, 6) is -0.744. The summed E-state index contributed by atoms with van der Waals surface area (Å²) in [4.78, 5) is 34.9. The fourth-order valence-corrected chi connectivity index (χ4v) is 3.25. The van der Waals surface area contributed by atoms with E-state index in [0.29, 0.717) is 10.8 Å². The van der Waals surface area contributed by atoms with Crippen LogP contribution in [0.1, 0.15) is 25.2 Å². The summed E-state index contributed by atoms with van der Waals surface area (Å²) in [5.41, 5.74) is 2.17. The van der Waals surface area contributed by atoms with Crippen LogP contribution in [0.4, 0.5) is 10.1 Å². The van der Waals surface area contributed by atoms with Gasteiger partial charge < -0.3 is 10.2 Å². The van der Waals surface area contributed by atoms with Gasteiger partial charge in [-0.15, -0.1) is 0 Å². The van der Waals surface area contributed by atoms with Crippen molar-refractivity contribution >= 4 is 29.3 Å². The highest BCUT2D eigenvalue weighted by molar-refractivity contribution is 7.99. The van der Waals surface area contributed by atoms with E-state index >= 15 is 0 Å². The average molecular weight is 390 g/mol. The molecule has 6 nitrogen and oxygen atoms in total. The van der Waals surface area contributed by atoms with Crippen LogP contribution < -0.4 is 5.32 Å². The van der Waals surface area contributed by atoms with Crippen LogP contribution in [0.3, 0.4) is 0 Å². The number of benzene rings is 1. The Hall–Kier alpha value is -2.48. The van der Waals surface area contributed by atoms with E-state index in [0.717, 1.165) is 11.4 Å². The summed E-state index contributed by atoms with van der Waals surface area (Å²) in [6, 6.07) is 7.20. The van der Waals surface area contributed by atoms with Crippen molar-refractivity contribution in [3.05, 3.63) is 47.5 Å². The Morgan fingerprint density at radius 2 is 1.74 bits per heavy atom. The number of carbonyl (C=O) groups excluding carboxylic acids is 2. The van der Waals surface area contributed by atoms with Crippen molar-refractivity contribution in [2.75, 3.05) is 17.6 Å². The molecule has 0 aliphatic heterocycles. The quantitative estimate of drug-likeness (QED) is 0.580. The van der Waals surface area contributed by atoms with Crippen molar-refractivity contribution in [1.82, 2.24) is 14.9 Å². The third-order valence-corrected chi connectivity index (χ3v) is 4.50. The minimum absolute atomic E-state index is 0.0812. The molecule has 0 aliphatic rings. The van der Waals surface area contributed by atoms with Crippen LogP contribution in [0, 0.1) is 19.7 Å². The first-order valence-electron chi connectivity index (χ1n) is 8.54. The van der Waals surface area contributed by atoms with Crippen molar-refractivity contribution in [2.45, 2.75) is 38.9 Å². The second-order valence-corrected chi connectivity index (χ2v) is 7.33. The van der Waals surface area contributed by atoms with E-state index in [-0.39, 0.29) is 36.0 Å². The first-order chi connectivity index (χ1) is 12.7. The van der Waals surface area contributed by atoms with Gasteiger partial charge in [0.2, 0.25) is 11.8 Å². The molecule has 27 heavy (non-hydrogen) atoms. The molecule has 0 fully saturated rings. The van der Waals surface area contributed by atoms with E-state index in [4.69, 9.17) is 0 Å². The molecule has 0 atom stereocenters. The normalized spacial score (nSPS) is 10.7. The Morgan fingerprint density at radius 1 is 1.15 bits per heavy atom. The lowest BCUT2D eigenvalue weighted by Crippen LogP contribution is -2.43. The van der Waals surface area contributed by atoms with Crippen LogP contribution in [0.25, 0.3) is 0 Å². The fraction of sp³-hybridized carbons (Fsp3) is 0.368. The van der Waals surface area contributed by atoms with Crippen molar-refractivity contribution in [2.24, 2.45) is 0 Å². The Kier molecular flexibility index (Phi) is 7.29. The number of rotatable bonds is 7. The Morgan fingerprint density at radius 3 is 2.30 bits per heavy atom. The Balaban J connectivity index is 1.95. The summed E-state index contributed by atoms with van der Waals surface area (Å²) in [6.07, 6.45) is 0. The van der Waals surface area contributed by atoms with Crippen LogP contribution >= 0.6 is 11.8 Å². The fourth-order valence-electron chi connectivity index (χ4n) is 2.41. The number of hydrogen-bond donors (Lipinski definition) is 1. The zero-order valence-corrected chi connectivity index (χ0v) is 16.6. The molecule has 0 aliphatic carbocycles. The maximum atomic E-state index is 12.9. The second-order valence-electron chi connectivity index (χ2n) is 6.39. The molecule has 1 N–H and O–H groups in total. The number of carbonyl (C=O) groups is 2. The van der Waals surface area contributed by atoms with Gasteiger partial charge in [0.15, 0.2) is 5.16 Å². The van der Waals surface area contributed by atoms with Gasteiger partial charge >= 0.3 is 0 Å². The van der Waals surface area contributed by atoms with Gasteiger partial charge in [0.1, 0.15) is 12.4 Å². The summed E-state index contributed by atoms with van der Waals surface area (Å²) in [7, 11) is 0. The average Bonchev–Trinajstić information content (AvgIpc) is 2.58. The van der Waals surface area contributed by atoms with Gasteiger partial charge in [-0.25, -0.2) is 14.4 Å².